The molecule has 1 aromatic rings. The molecule has 3 atom stereocenters. The maximum atomic E-state index is 12.6. The highest BCUT2D eigenvalue weighted by atomic mass is 16.5. The molecule has 24 heavy (non-hydrogen) atoms. The predicted molar refractivity (Wildman–Crippen MR) is 91.1 cm³/mol. The fraction of sp³-hybridized carbons (Fsp3) is 0.632. The van der Waals surface area contributed by atoms with Crippen LogP contribution < -0.4 is 4.74 Å². The minimum Gasteiger partial charge on any atom is -0.484 e. The number of aliphatic hydroxyl groups excluding tert-OH is 1. The van der Waals surface area contributed by atoms with Crippen LogP contribution in [-0.4, -0.2) is 54.4 Å². The van der Waals surface area contributed by atoms with Crippen LogP contribution in [0.4, 0.5) is 0 Å². The Balaban J connectivity index is 1.61. The van der Waals surface area contributed by atoms with Crippen molar-refractivity contribution in [3.8, 4) is 5.75 Å². The van der Waals surface area contributed by atoms with Crippen molar-refractivity contribution < 1.29 is 19.4 Å². The maximum absolute atomic E-state index is 12.6. The Kier molecular flexibility index (Phi) is 5.41. The van der Waals surface area contributed by atoms with Gasteiger partial charge >= 0.3 is 0 Å². The van der Waals surface area contributed by atoms with Gasteiger partial charge in [-0.3, -0.25) is 4.79 Å². The first-order chi connectivity index (χ1) is 11.6. The van der Waals surface area contributed by atoms with Crippen molar-refractivity contribution in [2.45, 2.75) is 45.3 Å². The van der Waals surface area contributed by atoms with Crippen molar-refractivity contribution >= 4 is 5.91 Å². The summed E-state index contributed by atoms with van der Waals surface area (Å²) < 4.78 is 11.3. The lowest BCUT2D eigenvalue weighted by molar-refractivity contribution is -0.138. The number of likely N-dealkylation sites (tertiary alicyclic amines) is 1. The van der Waals surface area contributed by atoms with E-state index < -0.39 is 0 Å². The molecular formula is C19H27NO4. The largest absolute Gasteiger partial charge is 0.484 e. The van der Waals surface area contributed by atoms with E-state index in [0.717, 1.165) is 30.7 Å². The molecule has 1 aromatic carbocycles. The number of ether oxygens (including phenoxy) is 2. The van der Waals surface area contributed by atoms with Gasteiger partial charge in [-0.25, -0.2) is 0 Å². The van der Waals surface area contributed by atoms with E-state index >= 15 is 0 Å². The fourth-order valence-corrected chi connectivity index (χ4v) is 3.85. The molecule has 0 aliphatic carbocycles. The van der Waals surface area contributed by atoms with Gasteiger partial charge in [0.25, 0.3) is 5.91 Å². The number of hydrogen-bond acceptors (Lipinski definition) is 4. The van der Waals surface area contributed by atoms with Crippen LogP contribution in [0.3, 0.4) is 0 Å². The van der Waals surface area contributed by atoms with Crippen LogP contribution in [0.5, 0.6) is 5.75 Å². The molecule has 2 fully saturated rings. The molecule has 0 saturated carbocycles. The van der Waals surface area contributed by atoms with Crippen molar-refractivity contribution in [2.75, 3.05) is 26.4 Å². The third-order valence-electron chi connectivity index (χ3n) is 5.16. The second-order valence-electron chi connectivity index (χ2n) is 6.95. The normalized spacial score (nSPS) is 27.3. The van der Waals surface area contributed by atoms with Gasteiger partial charge in [0, 0.05) is 25.1 Å². The van der Waals surface area contributed by atoms with Crippen LogP contribution in [0.15, 0.2) is 18.2 Å². The van der Waals surface area contributed by atoms with Crippen LogP contribution in [-0.2, 0) is 9.53 Å². The average Bonchev–Trinajstić information content (AvgIpc) is 3.03. The standard InChI is InChI=1S/C19H27NO4/c1-13-5-6-18(14(2)10-13)24-12-19(22)20-8-3-4-16(20)15-11-23-9-7-17(15)21/h5-6,10,15-17,21H,3-4,7-9,11-12H2,1-2H3/t15-,16+,17+/m0/s1. The molecule has 2 saturated heterocycles. The van der Waals surface area contributed by atoms with Crippen molar-refractivity contribution in [1.82, 2.24) is 4.90 Å². The summed E-state index contributed by atoms with van der Waals surface area (Å²) in [7, 11) is 0. The van der Waals surface area contributed by atoms with Gasteiger partial charge in [-0.1, -0.05) is 17.7 Å². The summed E-state index contributed by atoms with van der Waals surface area (Å²) >= 11 is 0. The molecule has 0 spiro atoms. The summed E-state index contributed by atoms with van der Waals surface area (Å²) in [5.41, 5.74) is 2.22. The SMILES string of the molecule is Cc1ccc(OCC(=O)N2CCC[C@@H]2[C@@H]2COCC[C@H]2O)c(C)c1. The van der Waals surface area contributed by atoms with Crippen LogP contribution in [0.2, 0.25) is 0 Å². The van der Waals surface area contributed by atoms with Gasteiger partial charge in [0.05, 0.1) is 12.7 Å². The monoisotopic (exact) mass is 333 g/mol. The molecule has 2 heterocycles. The van der Waals surface area contributed by atoms with E-state index in [-0.39, 0.29) is 30.6 Å². The Hall–Kier alpha value is -1.59. The van der Waals surface area contributed by atoms with Crippen LogP contribution in [0, 0.1) is 19.8 Å². The average molecular weight is 333 g/mol. The molecule has 0 unspecified atom stereocenters. The van der Waals surface area contributed by atoms with Crippen molar-refractivity contribution in [1.29, 1.82) is 0 Å². The van der Waals surface area contributed by atoms with Crippen LogP contribution in [0.25, 0.3) is 0 Å². The second-order valence-corrected chi connectivity index (χ2v) is 6.95. The lowest BCUT2D eigenvalue weighted by Gasteiger charge is -2.36. The number of aryl methyl sites for hydroxylation is 2. The minimum atomic E-state index is -0.377. The van der Waals surface area contributed by atoms with Crippen LogP contribution >= 0.6 is 0 Å². The molecule has 2 aliphatic rings. The molecule has 1 N–H and O–H groups in total. The predicted octanol–water partition coefficient (Wildman–Crippen LogP) is 2.07. The lowest BCUT2D eigenvalue weighted by Crippen LogP contribution is -2.49. The number of amides is 1. The maximum Gasteiger partial charge on any atom is 0.260 e. The van der Waals surface area contributed by atoms with E-state index in [9.17, 15) is 9.90 Å². The summed E-state index contributed by atoms with van der Waals surface area (Å²) in [6.07, 6.45) is 2.18. The zero-order valence-electron chi connectivity index (χ0n) is 14.5. The Morgan fingerprint density at radius 1 is 1.38 bits per heavy atom. The molecule has 132 valence electrons. The third kappa shape index (κ3) is 3.73. The molecule has 0 bridgehead atoms. The molecule has 0 radical (unpaired) electrons. The van der Waals surface area contributed by atoms with Crippen molar-refractivity contribution in [3.63, 3.8) is 0 Å². The smallest absolute Gasteiger partial charge is 0.260 e. The molecule has 5 heteroatoms. The Morgan fingerprint density at radius 3 is 2.96 bits per heavy atom. The van der Waals surface area contributed by atoms with Crippen molar-refractivity contribution in [2.24, 2.45) is 5.92 Å². The zero-order valence-corrected chi connectivity index (χ0v) is 14.5. The first-order valence-electron chi connectivity index (χ1n) is 8.81. The van der Waals surface area contributed by atoms with E-state index in [1.807, 2.05) is 36.9 Å². The molecule has 0 aromatic heterocycles. The van der Waals surface area contributed by atoms with Crippen molar-refractivity contribution in [3.05, 3.63) is 29.3 Å². The summed E-state index contributed by atoms with van der Waals surface area (Å²) in [5.74, 6) is 0.771. The first kappa shape index (κ1) is 17.2. The molecular weight excluding hydrogens is 306 g/mol. The number of carbonyl (C=O) groups excluding carboxylic acids is 1. The van der Waals surface area contributed by atoms with Gasteiger partial charge in [-0.2, -0.15) is 0 Å². The number of carbonyl (C=O) groups is 1. The van der Waals surface area contributed by atoms with E-state index in [4.69, 9.17) is 9.47 Å². The van der Waals surface area contributed by atoms with Gasteiger partial charge in [-0.15, -0.1) is 0 Å². The quantitative estimate of drug-likeness (QED) is 0.916. The Bertz CT molecular complexity index is 589. The highest BCUT2D eigenvalue weighted by Crippen LogP contribution is 2.30. The number of nitrogens with zero attached hydrogens (tertiary/aromatic N) is 1. The van der Waals surface area contributed by atoms with Gasteiger partial charge in [0.2, 0.25) is 0 Å². The highest BCUT2D eigenvalue weighted by molar-refractivity contribution is 5.78. The minimum absolute atomic E-state index is 0.00440. The zero-order chi connectivity index (χ0) is 17.1. The third-order valence-corrected chi connectivity index (χ3v) is 5.16. The van der Waals surface area contributed by atoms with Crippen LogP contribution in [0.1, 0.15) is 30.4 Å². The summed E-state index contributed by atoms with van der Waals surface area (Å²) in [6, 6.07) is 6.02. The number of rotatable bonds is 4. The van der Waals surface area contributed by atoms with Gasteiger partial charge < -0.3 is 19.5 Å². The summed E-state index contributed by atoms with van der Waals surface area (Å²) in [6.45, 7) is 5.95. The Morgan fingerprint density at radius 2 is 2.21 bits per heavy atom. The van der Waals surface area contributed by atoms with E-state index in [1.165, 1.54) is 5.56 Å². The Labute approximate surface area is 143 Å². The van der Waals surface area contributed by atoms with E-state index in [0.29, 0.717) is 19.6 Å². The molecule has 5 nitrogen and oxygen atoms in total. The molecule has 1 amide bonds. The fourth-order valence-electron chi connectivity index (χ4n) is 3.85. The van der Waals surface area contributed by atoms with Gasteiger partial charge in [0.15, 0.2) is 6.61 Å². The van der Waals surface area contributed by atoms with E-state index in [1.54, 1.807) is 0 Å². The highest BCUT2D eigenvalue weighted by Gasteiger charge is 2.39. The molecule has 3 rings (SSSR count). The second kappa shape index (κ2) is 7.53. The number of benzene rings is 1. The number of aliphatic hydroxyl groups is 1. The lowest BCUT2D eigenvalue weighted by atomic mass is 9.89. The van der Waals surface area contributed by atoms with E-state index in [2.05, 4.69) is 0 Å². The number of hydrogen-bond donors (Lipinski definition) is 1. The summed E-state index contributed by atoms with van der Waals surface area (Å²) in [4.78, 5) is 14.5. The topological polar surface area (TPSA) is 59.0 Å². The van der Waals surface area contributed by atoms with Gasteiger partial charge in [-0.05, 0) is 44.7 Å². The summed E-state index contributed by atoms with van der Waals surface area (Å²) in [5, 5.41) is 10.2. The van der Waals surface area contributed by atoms with Gasteiger partial charge in [0.1, 0.15) is 5.75 Å². The molecule has 2 aliphatic heterocycles. The first-order valence-corrected chi connectivity index (χ1v) is 8.81.